The van der Waals surface area contributed by atoms with E-state index in [-0.39, 0.29) is 0 Å². The van der Waals surface area contributed by atoms with E-state index in [0.717, 1.165) is 11.5 Å². The van der Waals surface area contributed by atoms with Crippen molar-refractivity contribution in [3.8, 4) is 0 Å². The number of rotatable bonds is 26. The predicted octanol–water partition coefficient (Wildman–Crippen LogP) is 5.31. The number of nitrogens with zero attached hydrogens (tertiary/aromatic N) is 4. The summed E-state index contributed by atoms with van der Waals surface area (Å²) in [7, 11) is -0.128. The molecule has 0 aromatic rings. The summed E-state index contributed by atoms with van der Waals surface area (Å²) in [5.41, 5.74) is 0. The Balaban J connectivity index is 4.02. The average Bonchev–Trinajstić information content (AvgIpc) is 2.87. The van der Waals surface area contributed by atoms with Crippen LogP contribution in [0.3, 0.4) is 0 Å². The summed E-state index contributed by atoms with van der Waals surface area (Å²) >= 11 is 0. The van der Waals surface area contributed by atoms with E-state index in [1.54, 1.807) is 44.1 Å². The van der Waals surface area contributed by atoms with Gasteiger partial charge in [-0.25, -0.2) is 9.98 Å². The molecule has 0 aromatic heterocycles. The minimum absolute atomic E-state index is 0.568. The summed E-state index contributed by atoms with van der Waals surface area (Å²) < 4.78 is 34.9. The SMILES string of the molecule is CCO[Si](CCN=CN=CCSSSCC=NC=NCC[Si](OCC)(OCC)OCC)(OCC)OCC. The fourth-order valence-electron chi connectivity index (χ4n) is 2.95. The minimum Gasteiger partial charge on any atom is -0.374 e. The van der Waals surface area contributed by atoms with Crippen molar-refractivity contribution in [2.45, 2.75) is 53.6 Å². The molecule has 0 bridgehead atoms. The maximum absolute atomic E-state index is 5.82. The van der Waals surface area contributed by atoms with Gasteiger partial charge >= 0.3 is 17.6 Å². The first-order chi connectivity index (χ1) is 18.1. The van der Waals surface area contributed by atoms with Crippen molar-refractivity contribution in [2.24, 2.45) is 20.0 Å². The first-order valence-corrected chi connectivity index (χ1v) is 20.5. The third-order valence-corrected chi connectivity index (χ3v) is 14.1. The van der Waals surface area contributed by atoms with Crippen LogP contribution in [0, 0.1) is 0 Å². The van der Waals surface area contributed by atoms with Crippen molar-refractivity contribution in [1.82, 2.24) is 0 Å². The number of hydrogen-bond donors (Lipinski definition) is 0. The minimum atomic E-state index is -2.63. The molecule has 0 amide bonds. The van der Waals surface area contributed by atoms with Crippen LogP contribution in [0.2, 0.25) is 12.1 Å². The van der Waals surface area contributed by atoms with Gasteiger partial charge in [-0.05, 0) is 51.4 Å². The first-order valence-electron chi connectivity index (χ1n) is 12.8. The fraction of sp³-hybridized carbons (Fsp3) is 0.818. The summed E-state index contributed by atoms with van der Waals surface area (Å²) in [5.74, 6) is 1.59. The van der Waals surface area contributed by atoms with E-state index < -0.39 is 17.6 Å². The number of aliphatic imine (C=N–C) groups is 4. The van der Waals surface area contributed by atoms with Gasteiger partial charge in [0.25, 0.3) is 0 Å². The highest BCUT2D eigenvalue weighted by Gasteiger charge is 2.40. The molecular weight excluding hydrogens is 569 g/mol. The third kappa shape index (κ3) is 19.6. The van der Waals surface area contributed by atoms with E-state index in [2.05, 4.69) is 20.0 Å². The van der Waals surface area contributed by atoms with Crippen LogP contribution in [0.1, 0.15) is 41.5 Å². The molecule has 37 heavy (non-hydrogen) atoms. The third-order valence-electron chi connectivity index (χ3n) is 4.17. The Bertz CT molecular complexity index is 565. The number of hydrogen-bond acceptors (Lipinski definition) is 11. The zero-order chi connectivity index (χ0) is 27.5. The fourth-order valence-corrected chi connectivity index (χ4v) is 10.7. The largest absolute Gasteiger partial charge is 0.502 e. The lowest BCUT2D eigenvalue weighted by atomic mass is 10.8. The highest BCUT2D eigenvalue weighted by molar-refractivity contribution is 9.09. The van der Waals surface area contributed by atoms with Crippen LogP contribution in [0.15, 0.2) is 20.0 Å². The van der Waals surface area contributed by atoms with Gasteiger partial charge < -0.3 is 26.6 Å². The molecular formula is C22H46N4O6S3Si2. The molecule has 0 radical (unpaired) electrons. The Labute approximate surface area is 237 Å². The van der Waals surface area contributed by atoms with Crippen molar-refractivity contribution in [2.75, 3.05) is 64.2 Å². The molecule has 0 aliphatic rings. The second-order valence-electron chi connectivity index (χ2n) is 6.81. The van der Waals surface area contributed by atoms with E-state index in [4.69, 9.17) is 26.6 Å². The highest BCUT2D eigenvalue weighted by atomic mass is 33.5. The second-order valence-corrected chi connectivity index (χ2v) is 16.6. The van der Waals surface area contributed by atoms with E-state index in [0.29, 0.717) is 64.8 Å². The summed E-state index contributed by atoms with van der Waals surface area (Å²) in [6.07, 6.45) is 6.85. The van der Waals surface area contributed by atoms with Crippen LogP contribution >= 0.6 is 31.4 Å². The molecule has 0 rings (SSSR count). The topological polar surface area (TPSA) is 105 Å². The van der Waals surface area contributed by atoms with Gasteiger partial charge in [0, 0.05) is 88.8 Å². The Kier molecular flexibility index (Phi) is 26.1. The summed E-state index contributed by atoms with van der Waals surface area (Å²) in [5, 5.41) is 0. The van der Waals surface area contributed by atoms with Crippen molar-refractivity contribution in [3.63, 3.8) is 0 Å². The van der Waals surface area contributed by atoms with Crippen molar-refractivity contribution < 1.29 is 26.6 Å². The van der Waals surface area contributed by atoms with Crippen LogP contribution in [-0.4, -0.2) is 107 Å². The lowest BCUT2D eigenvalue weighted by Crippen LogP contribution is -2.46. The predicted molar refractivity (Wildman–Crippen MR) is 167 cm³/mol. The Morgan fingerprint density at radius 1 is 0.541 bits per heavy atom. The molecule has 0 unspecified atom stereocenters. The molecule has 0 aromatic carbocycles. The molecule has 0 aliphatic carbocycles. The summed E-state index contributed by atoms with van der Waals surface area (Å²) in [6.45, 7) is 16.3. The van der Waals surface area contributed by atoms with Crippen LogP contribution in [0.25, 0.3) is 0 Å². The van der Waals surface area contributed by atoms with E-state index in [1.807, 2.05) is 54.0 Å². The first kappa shape index (κ1) is 36.9. The summed E-state index contributed by atoms with van der Waals surface area (Å²) in [6, 6.07) is 1.30. The molecule has 0 aliphatic heterocycles. The van der Waals surface area contributed by atoms with Gasteiger partial charge in [-0.15, -0.1) is 0 Å². The molecule has 0 saturated carbocycles. The lowest BCUT2D eigenvalue weighted by molar-refractivity contribution is 0.0712. The van der Waals surface area contributed by atoms with Gasteiger partial charge in [0.05, 0.1) is 0 Å². The molecule has 0 N–H and O–H groups in total. The molecule has 0 saturated heterocycles. The van der Waals surface area contributed by atoms with Gasteiger partial charge in [-0.3, -0.25) is 9.98 Å². The Morgan fingerprint density at radius 3 is 1.16 bits per heavy atom. The van der Waals surface area contributed by atoms with Crippen LogP contribution in [0.5, 0.6) is 0 Å². The normalized spacial score (nSPS) is 13.4. The standard InChI is InChI=1S/C22H46N4O6S3Si2/c1-7-27-36(28-8-2,29-9-3)19-15-25-21-23-13-17-33-35-34-18-14-24-22-26-16-20-37(30-10-4,31-11-5)32-12-6/h13-14,21-22H,7-12,15-20H2,1-6H3. The van der Waals surface area contributed by atoms with E-state index >= 15 is 0 Å². The van der Waals surface area contributed by atoms with Crippen molar-refractivity contribution >= 4 is 74.1 Å². The van der Waals surface area contributed by atoms with E-state index in [9.17, 15) is 0 Å². The van der Waals surface area contributed by atoms with Crippen molar-refractivity contribution in [1.29, 1.82) is 0 Å². The van der Waals surface area contributed by atoms with Gasteiger partial charge in [0.2, 0.25) is 0 Å². The quantitative estimate of drug-likeness (QED) is 0.0421. The van der Waals surface area contributed by atoms with Gasteiger partial charge in [0.15, 0.2) is 0 Å². The Hall–Kier alpha value is -0.0762. The lowest BCUT2D eigenvalue weighted by Gasteiger charge is -2.27. The van der Waals surface area contributed by atoms with Gasteiger partial charge in [-0.1, -0.05) is 21.6 Å². The van der Waals surface area contributed by atoms with Crippen LogP contribution < -0.4 is 0 Å². The highest BCUT2D eigenvalue weighted by Crippen LogP contribution is 2.33. The van der Waals surface area contributed by atoms with E-state index in [1.165, 1.54) is 0 Å². The smallest absolute Gasteiger partial charge is 0.374 e. The molecule has 0 atom stereocenters. The molecule has 15 heteroatoms. The van der Waals surface area contributed by atoms with Crippen LogP contribution in [0.4, 0.5) is 0 Å². The Morgan fingerprint density at radius 2 is 0.865 bits per heavy atom. The molecule has 0 fully saturated rings. The summed E-state index contributed by atoms with van der Waals surface area (Å²) in [4.78, 5) is 17.1. The van der Waals surface area contributed by atoms with Crippen molar-refractivity contribution in [3.05, 3.63) is 0 Å². The molecule has 0 spiro atoms. The molecule has 10 nitrogen and oxygen atoms in total. The maximum atomic E-state index is 5.82. The van der Waals surface area contributed by atoms with Crippen LogP contribution in [-0.2, 0) is 26.6 Å². The molecule has 216 valence electrons. The monoisotopic (exact) mass is 614 g/mol. The zero-order valence-electron chi connectivity index (χ0n) is 23.3. The zero-order valence-corrected chi connectivity index (χ0v) is 27.7. The van der Waals surface area contributed by atoms with Gasteiger partial charge in [0.1, 0.15) is 12.7 Å². The van der Waals surface area contributed by atoms with Gasteiger partial charge in [-0.2, -0.15) is 0 Å². The molecule has 0 heterocycles. The average molecular weight is 615 g/mol. The maximum Gasteiger partial charge on any atom is 0.502 e. The second kappa shape index (κ2) is 26.2.